The van der Waals surface area contributed by atoms with Gasteiger partial charge in [-0.05, 0) is 65.8 Å². The lowest BCUT2D eigenvalue weighted by molar-refractivity contribution is 0.156. The normalized spacial score (nSPS) is 21.6. The van der Waals surface area contributed by atoms with Gasteiger partial charge in [-0.15, -0.1) is 0 Å². The van der Waals surface area contributed by atoms with E-state index in [1.165, 1.54) is 58.4 Å². The predicted molar refractivity (Wildman–Crippen MR) is 67.3 cm³/mol. The number of rotatable bonds is 4. The van der Waals surface area contributed by atoms with E-state index in [2.05, 4.69) is 30.6 Å². The fourth-order valence-corrected chi connectivity index (χ4v) is 2.34. The van der Waals surface area contributed by atoms with Crippen LogP contribution in [-0.2, 0) is 0 Å². The lowest BCUT2D eigenvalue weighted by Gasteiger charge is -2.32. The second-order valence-electron chi connectivity index (χ2n) is 5.03. The molecule has 0 N–H and O–H groups in total. The molecule has 2 nitrogen and oxygen atoms in total. The van der Waals surface area contributed by atoms with Crippen LogP contribution in [0.15, 0.2) is 0 Å². The Hall–Kier alpha value is -0.0800. The van der Waals surface area contributed by atoms with E-state index in [0.29, 0.717) is 0 Å². The highest BCUT2D eigenvalue weighted by Crippen LogP contribution is 2.08. The molecule has 0 aliphatic carbocycles. The van der Waals surface area contributed by atoms with Gasteiger partial charge < -0.3 is 9.80 Å². The van der Waals surface area contributed by atoms with Crippen molar-refractivity contribution in [3.63, 3.8) is 0 Å². The van der Waals surface area contributed by atoms with Crippen molar-refractivity contribution >= 4 is 0 Å². The average molecular weight is 212 g/mol. The maximum Gasteiger partial charge on any atom is 0.00386 e. The Balaban J connectivity index is 2.24. The van der Waals surface area contributed by atoms with Crippen LogP contribution in [0.4, 0.5) is 0 Å². The monoisotopic (exact) mass is 212 g/mol. The molecule has 15 heavy (non-hydrogen) atoms. The molecule has 0 spiro atoms. The van der Waals surface area contributed by atoms with Crippen molar-refractivity contribution in [2.45, 2.75) is 52.5 Å². The quantitative estimate of drug-likeness (QED) is 0.707. The molecule has 0 aromatic heterocycles. The maximum absolute atomic E-state index is 2.65. The van der Waals surface area contributed by atoms with Crippen LogP contribution < -0.4 is 0 Å². The van der Waals surface area contributed by atoms with E-state index >= 15 is 0 Å². The lowest BCUT2D eigenvalue weighted by Crippen LogP contribution is -2.40. The van der Waals surface area contributed by atoms with E-state index in [1.807, 2.05) is 0 Å². The number of nitrogens with zero attached hydrogens (tertiary/aromatic N) is 2. The molecule has 1 heterocycles. The van der Waals surface area contributed by atoms with Crippen LogP contribution in [0.5, 0.6) is 0 Å². The summed E-state index contributed by atoms with van der Waals surface area (Å²) in [5, 5.41) is 0. The molecule has 1 rings (SSSR count). The third-order valence-electron chi connectivity index (χ3n) is 3.40. The third kappa shape index (κ3) is 4.98. The van der Waals surface area contributed by atoms with Gasteiger partial charge in [-0.2, -0.15) is 0 Å². The highest BCUT2D eigenvalue weighted by molar-refractivity contribution is 4.69. The fourth-order valence-electron chi connectivity index (χ4n) is 2.34. The van der Waals surface area contributed by atoms with E-state index in [1.54, 1.807) is 0 Å². The Labute approximate surface area is 95.6 Å². The molecule has 2 heteroatoms. The minimum atomic E-state index is 0.729. The summed E-state index contributed by atoms with van der Waals surface area (Å²) in [6.45, 7) is 13.4. The summed E-state index contributed by atoms with van der Waals surface area (Å²) in [6.07, 6.45) is 5.40. The van der Waals surface area contributed by atoms with Gasteiger partial charge >= 0.3 is 0 Å². The molecule has 0 bridgehead atoms. The highest BCUT2D eigenvalue weighted by atomic mass is 15.2. The molecule has 0 saturated carbocycles. The topological polar surface area (TPSA) is 6.48 Å². The van der Waals surface area contributed by atoms with E-state index < -0.39 is 0 Å². The molecule has 1 fully saturated rings. The van der Waals surface area contributed by atoms with Gasteiger partial charge in [0.15, 0.2) is 0 Å². The zero-order chi connectivity index (χ0) is 11.1. The summed E-state index contributed by atoms with van der Waals surface area (Å²) >= 11 is 0. The zero-order valence-corrected chi connectivity index (χ0v) is 10.8. The molecule has 0 radical (unpaired) electrons. The molecular weight excluding hydrogens is 184 g/mol. The molecule has 0 atom stereocenters. The first-order valence-corrected chi connectivity index (χ1v) is 6.70. The molecule has 90 valence electrons. The second kappa shape index (κ2) is 7.24. The van der Waals surface area contributed by atoms with Gasteiger partial charge in [-0.3, -0.25) is 0 Å². The molecular formula is C13H28N2. The third-order valence-corrected chi connectivity index (χ3v) is 3.40. The van der Waals surface area contributed by atoms with Crippen molar-refractivity contribution in [3.05, 3.63) is 0 Å². The van der Waals surface area contributed by atoms with Gasteiger partial charge in [-0.25, -0.2) is 0 Å². The van der Waals surface area contributed by atoms with E-state index in [4.69, 9.17) is 0 Å². The summed E-state index contributed by atoms with van der Waals surface area (Å²) in [6, 6.07) is 0.729. The van der Waals surface area contributed by atoms with E-state index in [0.717, 1.165) is 6.04 Å². The molecule has 1 aliphatic heterocycles. The molecule has 1 aliphatic rings. The van der Waals surface area contributed by atoms with E-state index in [-0.39, 0.29) is 0 Å². The molecule has 0 aromatic rings. The van der Waals surface area contributed by atoms with Crippen LogP contribution in [0, 0.1) is 0 Å². The number of hydrogen-bond acceptors (Lipinski definition) is 2. The van der Waals surface area contributed by atoms with Crippen molar-refractivity contribution in [2.75, 3.05) is 32.7 Å². The van der Waals surface area contributed by atoms with Crippen molar-refractivity contribution in [1.82, 2.24) is 9.80 Å². The van der Waals surface area contributed by atoms with Crippen LogP contribution in [0.25, 0.3) is 0 Å². The molecule has 0 unspecified atom stereocenters. The fraction of sp³-hybridized carbons (Fsp3) is 1.00. The first kappa shape index (κ1) is 13.0. The summed E-state index contributed by atoms with van der Waals surface area (Å²) in [7, 11) is 0. The van der Waals surface area contributed by atoms with Crippen LogP contribution in [0.3, 0.4) is 0 Å². The van der Waals surface area contributed by atoms with Gasteiger partial charge in [0.05, 0.1) is 0 Å². The zero-order valence-electron chi connectivity index (χ0n) is 10.8. The van der Waals surface area contributed by atoms with Crippen LogP contribution in [0.1, 0.15) is 46.5 Å². The van der Waals surface area contributed by atoms with Crippen molar-refractivity contribution in [2.24, 2.45) is 0 Å². The largest absolute Gasteiger partial charge is 0.303 e. The van der Waals surface area contributed by atoms with Gasteiger partial charge in [0.25, 0.3) is 0 Å². The average Bonchev–Trinajstić information content (AvgIpc) is 2.15. The first-order valence-electron chi connectivity index (χ1n) is 6.70. The lowest BCUT2D eigenvalue weighted by atomic mass is 10.2. The summed E-state index contributed by atoms with van der Waals surface area (Å²) < 4.78 is 0. The van der Waals surface area contributed by atoms with Gasteiger partial charge in [0.2, 0.25) is 0 Å². The van der Waals surface area contributed by atoms with Gasteiger partial charge in [0.1, 0.15) is 0 Å². The Morgan fingerprint density at radius 3 is 2.07 bits per heavy atom. The number of unbranched alkanes of at least 4 members (excludes halogenated alkanes) is 1. The first-order chi connectivity index (χ1) is 7.24. The Kier molecular flexibility index (Phi) is 6.26. The summed E-state index contributed by atoms with van der Waals surface area (Å²) in [5.41, 5.74) is 0. The van der Waals surface area contributed by atoms with Gasteiger partial charge in [0, 0.05) is 6.04 Å². The summed E-state index contributed by atoms with van der Waals surface area (Å²) in [5.74, 6) is 0. The van der Waals surface area contributed by atoms with Crippen LogP contribution >= 0.6 is 0 Å². The van der Waals surface area contributed by atoms with Crippen molar-refractivity contribution in [1.29, 1.82) is 0 Å². The highest BCUT2D eigenvalue weighted by Gasteiger charge is 2.14. The molecule has 0 aromatic carbocycles. The number of hydrogen-bond donors (Lipinski definition) is 0. The van der Waals surface area contributed by atoms with Crippen LogP contribution in [-0.4, -0.2) is 48.6 Å². The molecule has 1 saturated heterocycles. The Bertz CT molecular complexity index is 147. The Morgan fingerprint density at radius 1 is 1.00 bits per heavy atom. The Morgan fingerprint density at radius 2 is 1.60 bits per heavy atom. The second-order valence-corrected chi connectivity index (χ2v) is 5.03. The van der Waals surface area contributed by atoms with Crippen LogP contribution in [0.2, 0.25) is 0 Å². The van der Waals surface area contributed by atoms with E-state index in [9.17, 15) is 0 Å². The van der Waals surface area contributed by atoms with Crippen molar-refractivity contribution in [3.8, 4) is 0 Å². The molecule has 0 amide bonds. The van der Waals surface area contributed by atoms with Crippen molar-refractivity contribution < 1.29 is 0 Å². The SMILES string of the molecule is CCCCN1CCCN(C(C)C)CCC1. The minimum Gasteiger partial charge on any atom is -0.303 e. The summed E-state index contributed by atoms with van der Waals surface area (Å²) in [4.78, 5) is 5.28. The smallest absolute Gasteiger partial charge is 0.00386 e. The van der Waals surface area contributed by atoms with Gasteiger partial charge in [-0.1, -0.05) is 13.3 Å². The standard InChI is InChI=1S/C13H28N2/c1-4-5-8-14-9-6-11-15(13(2)3)12-7-10-14/h13H,4-12H2,1-3H3. The minimum absolute atomic E-state index is 0.729. The predicted octanol–water partition coefficient (Wildman–Crippen LogP) is 2.59. The maximum atomic E-state index is 2.65.